The zero-order valence-electron chi connectivity index (χ0n) is 21.9. The molecule has 9 nitrogen and oxygen atoms in total. The van der Waals surface area contributed by atoms with E-state index in [2.05, 4.69) is 39.3 Å². The molecule has 0 aromatic carbocycles. The smallest absolute Gasteiger partial charge is 0.475 e. The van der Waals surface area contributed by atoms with Crippen LogP contribution in [0.1, 0.15) is 51.8 Å². The number of halogens is 6. The number of piperidine rings is 1. The van der Waals surface area contributed by atoms with Crippen LogP contribution in [0.2, 0.25) is 0 Å². The molecule has 4 heterocycles. The molecule has 2 aromatic rings. The first-order chi connectivity index (χ1) is 19.1. The van der Waals surface area contributed by atoms with Crippen LogP contribution in [-0.4, -0.2) is 87.9 Å². The van der Waals surface area contributed by atoms with Gasteiger partial charge in [-0.15, -0.1) is 11.3 Å². The molecular formula is C25H30F6N4O5S. The van der Waals surface area contributed by atoms with Gasteiger partial charge in [-0.2, -0.15) is 26.3 Å². The van der Waals surface area contributed by atoms with Gasteiger partial charge < -0.3 is 25.3 Å². The molecule has 16 heteroatoms. The summed E-state index contributed by atoms with van der Waals surface area (Å²) in [6, 6.07) is 8.88. The zero-order chi connectivity index (χ0) is 30.8. The van der Waals surface area contributed by atoms with E-state index in [0.29, 0.717) is 18.6 Å². The van der Waals surface area contributed by atoms with Crippen LogP contribution in [0, 0.1) is 0 Å². The lowest BCUT2D eigenvalue weighted by Crippen LogP contribution is -2.46. The topological polar surface area (TPSA) is 123 Å². The number of alkyl halides is 6. The number of carboxylic acids is 2. The standard InChI is InChI=1S/C21H28N4OS.2C2HF3O2/c1-24-12-8-17(9-13-24)25(15-16-4-2-10-22-14-16)21(26)20-7-6-19(27-20)18-5-3-11-23-18;2*3-2(4,5)1(6)7/h2,4,6-7,10,14,17-18,23H,3,5,8-9,11-13,15H2,1H3;2*(H,6,7). The summed E-state index contributed by atoms with van der Waals surface area (Å²) in [6.07, 6.45) is -2.06. The van der Waals surface area contributed by atoms with Crippen molar-refractivity contribution in [2.45, 2.75) is 56.7 Å². The van der Waals surface area contributed by atoms with Gasteiger partial charge in [0.1, 0.15) is 0 Å². The highest BCUT2D eigenvalue weighted by Gasteiger charge is 2.39. The van der Waals surface area contributed by atoms with Crippen molar-refractivity contribution < 1.29 is 50.9 Å². The van der Waals surface area contributed by atoms with E-state index < -0.39 is 24.3 Å². The van der Waals surface area contributed by atoms with Gasteiger partial charge in [-0.1, -0.05) is 6.07 Å². The van der Waals surface area contributed by atoms with Gasteiger partial charge in [0.25, 0.3) is 5.91 Å². The van der Waals surface area contributed by atoms with Gasteiger partial charge in [-0.3, -0.25) is 9.78 Å². The van der Waals surface area contributed by atoms with Gasteiger partial charge in [-0.05, 0) is 76.1 Å². The van der Waals surface area contributed by atoms with Crippen LogP contribution >= 0.6 is 11.3 Å². The number of amides is 1. The number of rotatable bonds is 5. The zero-order valence-corrected chi connectivity index (χ0v) is 22.7. The summed E-state index contributed by atoms with van der Waals surface area (Å²) in [6.45, 7) is 3.80. The van der Waals surface area contributed by atoms with E-state index in [1.807, 2.05) is 18.3 Å². The summed E-state index contributed by atoms with van der Waals surface area (Å²) in [5.41, 5.74) is 1.10. The number of likely N-dealkylation sites (tertiary alicyclic amines) is 1. The van der Waals surface area contributed by atoms with Crippen LogP contribution < -0.4 is 5.32 Å². The second-order valence-corrected chi connectivity index (χ2v) is 10.4. The quantitative estimate of drug-likeness (QED) is 0.420. The van der Waals surface area contributed by atoms with Crippen molar-refractivity contribution in [3.63, 3.8) is 0 Å². The number of hydrogen-bond donors (Lipinski definition) is 3. The molecule has 1 unspecified atom stereocenters. The van der Waals surface area contributed by atoms with Gasteiger partial charge in [0.2, 0.25) is 0 Å². The number of pyridine rings is 1. The molecule has 2 aliphatic heterocycles. The van der Waals surface area contributed by atoms with E-state index in [1.165, 1.54) is 17.7 Å². The summed E-state index contributed by atoms with van der Waals surface area (Å²) in [4.78, 5) is 42.0. The van der Waals surface area contributed by atoms with E-state index in [1.54, 1.807) is 17.5 Å². The number of carbonyl (C=O) groups is 3. The van der Waals surface area contributed by atoms with E-state index in [9.17, 15) is 31.1 Å². The van der Waals surface area contributed by atoms with Crippen LogP contribution in [0.5, 0.6) is 0 Å². The first-order valence-electron chi connectivity index (χ1n) is 12.4. The molecule has 2 fully saturated rings. The highest BCUT2D eigenvalue weighted by molar-refractivity contribution is 7.14. The second-order valence-electron chi connectivity index (χ2n) is 9.29. The maximum absolute atomic E-state index is 13.4. The summed E-state index contributed by atoms with van der Waals surface area (Å²) >= 11 is 1.66. The fourth-order valence-corrected chi connectivity index (χ4v) is 5.16. The van der Waals surface area contributed by atoms with Crippen LogP contribution in [0.15, 0.2) is 36.7 Å². The second kappa shape index (κ2) is 15.1. The lowest BCUT2D eigenvalue weighted by atomic mass is 10.0. The molecule has 0 spiro atoms. The molecule has 3 N–H and O–H groups in total. The highest BCUT2D eigenvalue weighted by atomic mass is 32.1. The number of aliphatic carboxylic acids is 2. The van der Waals surface area contributed by atoms with Crippen molar-refractivity contribution >= 4 is 29.2 Å². The van der Waals surface area contributed by atoms with Crippen molar-refractivity contribution in [2.24, 2.45) is 0 Å². The Hall–Kier alpha value is -3.24. The van der Waals surface area contributed by atoms with Gasteiger partial charge in [-0.25, -0.2) is 9.59 Å². The van der Waals surface area contributed by atoms with Crippen molar-refractivity contribution in [1.82, 2.24) is 20.1 Å². The summed E-state index contributed by atoms with van der Waals surface area (Å²) in [7, 11) is 2.16. The molecule has 228 valence electrons. The van der Waals surface area contributed by atoms with Crippen molar-refractivity contribution in [2.75, 3.05) is 26.7 Å². The number of nitrogens with zero attached hydrogens (tertiary/aromatic N) is 3. The lowest BCUT2D eigenvalue weighted by Gasteiger charge is -2.37. The molecule has 0 radical (unpaired) electrons. The molecule has 2 aliphatic rings. The van der Waals surface area contributed by atoms with Crippen molar-refractivity contribution in [3.05, 3.63) is 52.0 Å². The Morgan fingerprint density at radius 2 is 1.61 bits per heavy atom. The molecule has 0 saturated carbocycles. The number of carbonyl (C=O) groups excluding carboxylic acids is 1. The third-order valence-electron chi connectivity index (χ3n) is 6.19. The number of aromatic nitrogens is 1. The number of hydrogen-bond acceptors (Lipinski definition) is 7. The largest absolute Gasteiger partial charge is 0.490 e. The maximum Gasteiger partial charge on any atom is 0.490 e. The Morgan fingerprint density at radius 1 is 1.02 bits per heavy atom. The van der Waals surface area contributed by atoms with E-state index in [-0.39, 0.29) is 5.91 Å². The van der Waals surface area contributed by atoms with Crippen molar-refractivity contribution in [1.29, 1.82) is 0 Å². The predicted octanol–water partition coefficient (Wildman–Crippen LogP) is 4.57. The number of thiophene rings is 1. The lowest BCUT2D eigenvalue weighted by molar-refractivity contribution is -0.193. The Kier molecular flexibility index (Phi) is 12.5. The fraction of sp³-hybridized carbons (Fsp3) is 0.520. The van der Waals surface area contributed by atoms with Crippen LogP contribution in [0.3, 0.4) is 0 Å². The summed E-state index contributed by atoms with van der Waals surface area (Å²) in [5, 5.41) is 17.8. The first-order valence-corrected chi connectivity index (χ1v) is 13.2. The van der Waals surface area contributed by atoms with Gasteiger partial charge in [0.05, 0.1) is 4.88 Å². The van der Waals surface area contributed by atoms with Crippen LogP contribution in [-0.2, 0) is 16.1 Å². The maximum atomic E-state index is 13.4. The Morgan fingerprint density at radius 3 is 2.07 bits per heavy atom. The molecule has 2 saturated heterocycles. The first kappa shape index (κ1) is 34.0. The Balaban J connectivity index is 0.000000349. The molecule has 4 rings (SSSR count). The molecule has 0 aliphatic carbocycles. The Bertz CT molecular complexity index is 1110. The SMILES string of the molecule is CN1CCC(N(Cc2cccnc2)C(=O)c2ccc(C3CCCN3)s2)CC1.O=C(O)C(F)(F)F.O=C(O)C(F)(F)F. The molecule has 1 amide bonds. The van der Waals surface area contributed by atoms with Crippen LogP contribution in [0.25, 0.3) is 0 Å². The third-order valence-corrected chi connectivity index (χ3v) is 7.38. The van der Waals surface area contributed by atoms with Crippen molar-refractivity contribution in [3.8, 4) is 0 Å². The van der Waals surface area contributed by atoms with E-state index in [0.717, 1.165) is 42.9 Å². The average Bonchev–Trinajstić information content (AvgIpc) is 3.60. The molecule has 41 heavy (non-hydrogen) atoms. The molecule has 1 atom stereocenters. The van der Waals surface area contributed by atoms with Gasteiger partial charge >= 0.3 is 24.3 Å². The van der Waals surface area contributed by atoms with E-state index in [4.69, 9.17) is 19.8 Å². The molecular weight excluding hydrogens is 582 g/mol. The average molecular weight is 613 g/mol. The minimum absolute atomic E-state index is 0.169. The predicted molar refractivity (Wildman–Crippen MR) is 136 cm³/mol. The summed E-state index contributed by atoms with van der Waals surface area (Å²) in [5.74, 6) is -5.34. The Labute approximate surface area is 235 Å². The minimum atomic E-state index is -5.08. The number of carboxylic acid groups (broad SMARTS) is 2. The third kappa shape index (κ3) is 11.3. The fourth-order valence-electron chi connectivity index (χ4n) is 4.09. The number of nitrogens with one attached hydrogen (secondary N) is 1. The van der Waals surface area contributed by atoms with Crippen LogP contribution in [0.4, 0.5) is 26.3 Å². The highest BCUT2D eigenvalue weighted by Crippen LogP contribution is 2.31. The summed E-state index contributed by atoms with van der Waals surface area (Å²) < 4.78 is 63.5. The monoisotopic (exact) mass is 612 g/mol. The molecule has 0 bridgehead atoms. The minimum Gasteiger partial charge on any atom is -0.475 e. The molecule has 2 aromatic heterocycles. The van der Waals surface area contributed by atoms with Gasteiger partial charge in [0.15, 0.2) is 0 Å². The van der Waals surface area contributed by atoms with E-state index >= 15 is 0 Å². The normalized spacial score (nSPS) is 18.0. The van der Waals surface area contributed by atoms with Gasteiger partial charge in [0, 0.05) is 35.9 Å².